The second kappa shape index (κ2) is 5.82. The third-order valence-electron chi connectivity index (χ3n) is 3.21. The van der Waals surface area contributed by atoms with Crippen molar-refractivity contribution in [3.8, 4) is 28.6 Å². The normalized spacial score (nSPS) is 10.7. The first-order valence-electron chi connectivity index (χ1n) is 6.35. The number of rotatable bonds is 3. The summed E-state index contributed by atoms with van der Waals surface area (Å²) >= 11 is 11.1. The Kier molecular flexibility index (Phi) is 3.85. The van der Waals surface area contributed by atoms with Gasteiger partial charge in [0, 0.05) is 6.07 Å². The lowest BCUT2D eigenvalue weighted by Crippen LogP contribution is -1.98. The Balaban J connectivity index is 2.26. The highest BCUT2D eigenvalue weighted by Crippen LogP contribution is 2.36. The summed E-state index contributed by atoms with van der Waals surface area (Å²) in [5.74, 6) is -0.111. The fourth-order valence-corrected chi connectivity index (χ4v) is 2.55. The summed E-state index contributed by atoms with van der Waals surface area (Å²) in [5.41, 5.74) is 0.699. The van der Waals surface area contributed by atoms with Crippen LogP contribution in [0.2, 0.25) is 5.02 Å². The number of phenols is 2. The number of aromatic hydroxyl groups is 2. The summed E-state index contributed by atoms with van der Waals surface area (Å²) in [6, 6.07) is 8.91. The van der Waals surface area contributed by atoms with Crippen LogP contribution in [0.4, 0.5) is 5.69 Å². The molecule has 0 saturated carbocycles. The molecule has 0 aliphatic carbocycles. The average molecular weight is 349 g/mol. The van der Waals surface area contributed by atoms with E-state index in [0.717, 1.165) is 0 Å². The van der Waals surface area contributed by atoms with Gasteiger partial charge in [0.25, 0.3) is 0 Å². The Hall–Kier alpha value is -2.71. The first-order valence-corrected chi connectivity index (χ1v) is 7.13. The fourth-order valence-electron chi connectivity index (χ4n) is 2.15. The zero-order valence-corrected chi connectivity index (χ0v) is 13.0. The molecule has 0 saturated heterocycles. The van der Waals surface area contributed by atoms with E-state index in [0.29, 0.717) is 11.3 Å². The van der Waals surface area contributed by atoms with Gasteiger partial charge < -0.3 is 10.2 Å². The van der Waals surface area contributed by atoms with Crippen LogP contribution in [0.3, 0.4) is 0 Å². The van der Waals surface area contributed by atoms with E-state index in [1.807, 2.05) is 0 Å². The number of phenolic OH excluding ortho intramolecular Hbond substituents is 2. The Labute approximate surface area is 139 Å². The highest BCUT2D eigenvalue weighted by Gasteiger charge is 2.18. The Morgan fingerprint density at radius 1 is 1.26 bits per heavy atom. The van der Waals surface area contributed by atoms with Crippen LogP contribution in [0, 0.1) is 9.68 Å². The summed E-state index contributed by atoms with van der Waals surface area (Å²) in [7, 11) is 0. The van der Waals surface area contributed by atoms with Crippen molar-refractivity contribution in [2.45, 2.75) is 0 Å². The van der Waals surface area contributed by atoms with Gasteiger partial charge in [0.15, 0.2) is 16.3 Å². The van der Waals surface area contributed by atoms with Gasteiger partial charge in [0.2, 0.25) is 0 Å². The van der Waals surface area contributed by atoms with E-state index >= 15 is 0 Å². The summed E-state index contributed by atoms with van der Waals surface area (Å²) in [5, 5.41) is 29.8. The van der Waals surface area contributed by atoms with Gasteiger partial charge in [-0.15, -0.1) is 4.91 Å². The summed E-state index contributed by atoms with van der Waals surface area (Å²) in [4.78, 5) is 10.5. The Morgan fingerprint density at radius 2 is 2.04 bits per heavy atom. The van der Waals surface area contributed by atoms with E-state index in [1.54, 1.807) is 12.1 Å². The molecular weight excluding hydrogens is 340 g/mol. The summed E-state index contributed by atoms with van der Waals surface area (Å²) in [6.45, 7) is 0. The third kappa shape index (κ3) is 2.58. The van der Waals surface area contributed by atoms with Crippen molar-refractivity contribution in [2.24, 2.45) is 5.18 Å². The first kappa shape index (κ1) is 15.2. The van der Waals surface area contributed by atoms with Crippen LogP contribution in [-0.2, 0) is 0 Å². The highest BCUT2D eigenvalue weighted by atomic mass is 35.5. The monoisotopic (exact) mass is 348 g/mol. The molecule has 0 atom stereocenters. The van der Waals surface area contributed by atoms with Gasteiger partial charge in [-0.2, -0.15) is 5.10 Å². The maximum Gasteiger partial charge on any atom is 0.200 e. The minimum Gasteiger partial charge on any atom is -0.507 e. The number of H-pyrrole nitrogens is 1. The molecule has 0 aliphatic heterocycles. The molecule has 3 N–H and O–H groups in total. The molecule has 1 heterocycles. The van der Waals surface area contributed by atoms with E-state index in [-0.39, 0.29) is 32.8 Å². The number of benzene rings is 2. The minimum atomic E-state index is -0.195. The van der Waals surface area contributed by atoms with Crippen molar-refractivity contribution in [3.63, 3.8) is 0 Å². The van der Waals surface area contributed by atoms with E-state index in [4.69, 9.17) is 23.8 Å². The third-order valence-corrected chi connectivity index (χ3v) is 3.79. The summed E-state index contributed by atoms with van der Waals surface area (Å²) in [6.07, 6.45) is 0. The molecule has 3 aromatic rings. The zero-order chi connectivity index (χ0) is 16.6. The van der Waals surface area contributed by atoms with Gasteiger partial charge >= 0.3 is 0 Å². The Morgan fingerprint density at radius 3 is 2.74 bits per heavy atom. The van der Waals surface area contributed by atoms with Crippen LogP contribution in [0.1, 0.15) is 0 Å². The van der Waals surface area contributed by atoms with Crippen molar-refractivity contribution < 1.29 is 10.2 Å². The standard InChI is InChI=1S/C14H9ClN4O3S/c15-9-2-1-3-10(12(9)21)19-13(16-17-14(19)23)8-5-4-7(18-22)6-11(8)20/h1-6,20-21H,(H,17,23). The van der Waals surface area contributed by atoms with Crippen molar-refractivity contribution in [2.75, 3.05) is 0 Å². The number of hydrogen-bond donors (Lipinski definition) is 3. The molecule has 9 heteroatoms. The average Bonchev–Trinajstić information content (AvgIpc) is 2.91. The molecule has 0 amide bonds. The quantitative estimate of drug-likeness (QED) is 0.489. The number of hydrogen-bond acceptors (Lipinski definition) is 6. The number of para-hydroxylation sites is 1. The lowest BCUT2D eigenvalue weighted by atomic mass is 10.1. The number of halogens is 1. The molecule has 2 aromatic carbocycles. The van der Waals surface area contributed by atoms with Gasteiger partial charge in [-0.3, -0.25) is 9.67 Å². The number of nitrogens with one attached hydrogen (secondary N) is 1. The summed E-state index contributed by atoms with van der Waals surface area (Å²) < 4.78 is 1.63. The van der Waals surface area contributed by atoms with Crippen LogP contribution in [-0.4, -0.2) is 25.0 Å². The molecule has 0 fully saturated rings. The number of aromatic nitrogens is 3. The van der Waals surface area contributed by atoms with Crippen LogP contribution < -0.4 is 0 Å². The second-order valence-electron chi connectivity index (χ2n) is 4.59. The Bertz CT molecular complexity index is 967. The molecule has 3 rings (SSSR count). The SMILES string of the molecule is O=Nc1ccc(-c2n[nH]c(=S)n2-c2cccc(Cl)c2O)c(O)c1. The number of nitrogens with zero attached hydrogens (tertiary/aromatic N) is 3. The molecule has 0 spiro atoms. The fraction of sp³-hybridized carbons (Fsp3) is 0. The molecule has 7 nitrogen and oxygen atoms in total. The number of aromatic amines is 1. The van der Waals surface area contributed by atoms with E-state index in [1.165, 1.54) is 28.8 Å². The van der Waals surface area contributed by atoms with Gasteiger partial charge in [-0.05, 0) is 41.7 Å². The molecule has 116 valence electrons. The van der Waals surface area contributed by atoms with Gasteiger partial charge in [0.1, 0.15) is 11.4 Å². The number of nitroso groups, excluding NO2 is 1. The van der Waals surface area contributed by atoms with Crippen LogP contribution in [0.15, 0.2) is 41.6 Å². The molecule has 0 radical (unpaired) electrons. The molecule has 23 heavy (non-hydrogen) atoms. The van der Waals surface area contributed by atoms with Gasteiger partial charge in [-0.1, -0.05) is 17.7 Å². The van der Waals surface area contributed by atoms with Crippen LogP contribution in [0.25, 0.3) is 17.1 Å². The second-order valence-corrected chi connectivity index (χ2v) is 5.38. The zero-order valence-electron chi connectivity index (χ0n) is 11.4. The highest BCUT2D eigenvalue weighted by molar-refractivity contribution is 7.71. The van der Waals surface area contributed by atoms with E-state index in [2.05, 4.69) is 15.4 Å². The minimum absolute atomic E-state index is 0.0811. The lowest BCUT2D eigenvalue weighted by molar-refractivity contribution is 0.471. The molecule has 1 aromatic heterocycles. The van der Waals surface area contributed by atoms with Crippen molar-refractivity contribution in [1.82, 2.24) is 14.8 Å². The van der Waals surface area contributed by atoms with E-state index < -0.39 is 0 Å². The molecule has 0 aliphatic rings. The van der Waals surface area contributed by atoms with Crippen molar-refractivity contribution in [1.29, 1.82) is 0 Å². The smallest absolute Gasteiger partial charge is 0.200 e. The predicted octanol–water partition coefficient (Wildman–Crippen LogP) is 4.06. The van der Waals surface area contributed by atoms with Gasteiger partial charge in [-0.25, -0.2) is 0 Å². The molecule has 0 bridgehead atoms. The molecule has 0 unspecified atom stereocenters. The van der Waals surface area contributed by atoms with Crippen molar-refractivity contribution in [3.05, 3.63) is 51.1 Å². The predicted molar refractivity (Wildman–Crippen MR) is 88.0 cm³/mol. The van der Waals surface area contributed by atoms with E-state index in [9.17, 15) is 15.1 Å². The molecular formula is C14H9ClN4O3S. The maximum absolute atomic E-state index is 10.5. The van der Waals surface area contributed by atoms with Crippen LogP contribution >= 0.6 is 23.8 Å². The van der Waals surface area contributed by atoms with Crippen molar-refractivity contribution >= 4 is 29.5 Å². The first-order chi connectivity index (χ1) is 11.0. The topological polar surface area (TPSA) is 104 Å². The largest absolute Gasteiger partial charge is 0.507 e. The maximum atomic E-state index is 10.5. The lowest BCUT2D eigenvalue weighted by Gasteiger charge is -2.10. The van der Waals surface area contributed by atoms with Crippen LogP contribution in [0.5, 0.6) is 11.5 Å². The van der Waals surface area contributed by atoms with Gasteiger partial charge in [0.05, 0.1) is 16.3 Å².